The van der Waals surface area contributed by atoms with Gasteiger partial charge in [0.2, 0.25) is 11.8 Å². The number of benzene rings is 3. The molecule has 7 nitrogen and oxygen atoms in total. The van der Waals surface area contributed by atoms with Crippen LogP contribution in [-0.4, -0.2) is 47.5 Å². The van der Waals surface area contributed by atoms with Crippen LogP contribution in [0, 0.1) is 17.7 Å². The molecule has 3 atom stereocenters. The molecule has 0 unspecified atom stereocenters. The van der Waals surface area contributed by atoms with E-state index in [1.165, 1.54) is 12.1 Å². The van der Waals surface area contributed by atoms with Crippen LogP contribution in [0.25, 0.3) is 0 Å². The minimum atomic E-state index is -0.720. The average Bonchev–Trinajstić information content (AvgIpc) is 3.01. The van der Waals surface area contributed by atoms with E-state index < -0.39 is 23.9 Å². The summed E-state index contributed by atoms with van der Waals surface area (Å²) in [5, 5.41) is 12.5. The van der Waals surface area contributed by atoms with Crippen LogP contribution in [-0.2, 0) is 32.1 Å². The fourth-order valence-electron chi connectivity index (χ4n) is 5.00. The van der Waals surface area contributed by atoms with Gasteiger partial charge < -0.3 is 20.1 Å². The summed E-state index contributed by atoms with van der Waals surface area (Å²) in [5.74, 6) is -2.45. The Balaban J connectivity index is 1.54. The number of carbonyl (C=O) groups excluding carboxylic acids is 3. The number of carbonyl (C=O) groups is 3. The number of rotatable bonds is 9. The van der Waals surface area contributed by atoms with Crippen LogP contribution in [0.3, 0.4) is 0 Å². The van der Waals surface area contributed by atoms with E-state index in [-0.39, 0.29) is 43.7 Å². The second kappa shape index (κ2) is 15.6. The molecule has 3 aromatic carbocycles. The third-order valence-corrected chi connectivity index (χ3v) is 7.36. The summed E-state index contributed by atoms with van der Waals surface area (Å²) in [7, 11) is 0. The monoisotopic (exact) mass is 572 g/mol. The highest BCUT2D eigenvalue weighted by Crippen LogP contribution is 2.24. The van der Waals surface area contributed by atoms with Crippen LogP contribution in [0.15, 0.2) is 97.1 Å². The Morgan fingerprint density at radius 2 is 1.52 bits per heavy atom. The van der Waals surface area contributed by atoms with Crippen LogP contribution >= 0.6 is 0 Å². The minimum absolute atomic E-state index is 0.0300. The van der Waals surface area contributed by atoms with Crippen molar-refractivity contribution in [2.75, 3.05) is 19.7 Å². The van der Waals surface area contributed by atoms with Crippen molar-refractivity contribution in [1.29, 1.82) is 0 Å². The van der Waals surface area contributed by atoms with E-state index in [1.807, 2.05) is 72.8 Å². The van der Waals surface area contributed by atoms with Crippen molar-refractivity contribution in [3.8, 4) is 0 Å². The lowest BCUT2D eigenvalue weighted by Gasteiger charge is -2.26. The molecule has 0 saturated heterocycles. The third kappa shape index (κ3) is 9.11. The maximum absolute atomic E-state index is 13.5. The molecule has 0 aliphatic carbocycles. The molecule has 1 heterocycles. The summed E-state index contributed by atoms with van der Waals surface area (Å²) in [6.07, 6.45) is 3.96. The number of nitrogens with zero attached hydrogens (tertiary/aromatic N) is 1. The standard InChI is InChI=1S/C34H37FN2O5/c35-30-17-15-25(16-18-30)21-29-14-8-7-13-28(22-32(39)37(19-20-38)24-26-9-3-1-4-10-26)33(40)36-23-31(42-34(29)41)27-11-5-2-6-12-27/h1-12,15-18,28-29,31,38H,13-14,19-24H2,(H,36,40)/b8-7-/t28-,29-,31+/m0/s1. The number of aliphatic hydroxyl groups is 1. The summed E-state index contributed by atoms with van der Waals surface area (Å²) in [4.78, 5) is 41.6. The molecule has 220 valence electrons. The normalized spacial score (nSPS) is 20.4. The molecule has 0 spiro atoms. The van der Waals surface area contributed by atoms with Crippen molar-refractivity contribution < 1.29 is 28.6 Å². The maximum Gasteiger partial charge on any atom is 0.310 e. The quantitative estimate of drug-likeness (QED) is 0.285. The smallest absolute Gasteiger partial charge is 0.310 e. The van der Waals surface area contributed by atoms with Gasteiger partial charge >= 0.3 is 5.97 Å². The predicted molar refractivity (Wildman–Crippen MR) is 157 cm³/mol. The Labute approximate surface area is 246 Å². The fourth-order valence-corrected chi connectivity index (χ4v) is 5.00. The molecule has 0 saturated carbocycles. The van der Waals surface area contributed by atoms with Crippen molar-refractivity contribution >= 4 is 17.8 Å². The SMILES string of the molecule is O=C1NC[C@H](c2ccccc2)OC(=O)[C@H](Cc2ccc(F)cc2)C/C=C\C[C@H]1CC(=O)N(CCO)Cc1ccccc1. The van der Waals surface area contributed by atoms with Gasteiger partial charge in [0.15, 0.2) is 0 Å². The zero-order valence-corrected chi connectivity index (χ0v) is 23.5. The number of hydrogen-bond acceptors (Lipinski definition) is 5. The Morgan fingerprint density at radius 1 is 0.881 bits per heavy atom. The Morgan fingerprint density at radius 3 is 2.19 bits per heavy atom. The molecule has 8 heteroatoms. The number of esters is 1. The van der Waals surface area contributed by atoms with Crippen LogP contribution in [0.1, 0.15) is 42.1 Å². The minimum Gasteiger partial charge on any atom is -0.455 e. The zero-order chi connectivity index (χ0) is 29.7. The van der Waals surface area contributed by atoms with Gasteiger partial charge in [0, 0.05) is 19.5 Å². The van der Waals surface area contributed by atoms with Gasteiger partial charge in [-0.2, -0.15) is 0 Å². The van der Waals surface area contributed by atoms with E-state index in [0.29, 0.717) is 25.8 Å². The summed E-state index contributed by atoms with van der Waals surface area (Å²) in [6.45, 7) is 0.363. The number of allylic oxidation sites excluding steroid dienone is 2. The first-order valence-electron chi connectivity index (χ1n) is 14.3. The van der Waals surface area contributed by atoms with Gasteiger partial charge in [-0.3, -0.25) is 14.4 Å². The second-order valence-electron chi connectivity index (χ2n) is 10.5. The molecule has 0 bridgehead atoms. The zero-order valence-electron chi connectivity index (χ0n) is 23.5. The molecule has 0 fully saturated rings. The van der Waals surface area contributed by atoms with E-state index in [1.54, 1.807) is 17.0 Å². The largest absolute Gasteiger partial charge is 0.455 e. The maximum atomic E-state index is 13.5. The topological polar surface area (TPSA) is 95.9 Å². The number of cyclic esters (lactones) is 1. The predicted octanol–water partition coefficient (Wildman–Crippen LogP) is 4.76. The van der Waals surface area contributed by atoms with Crippen LogP contribution in [0.5, 0.6) is 0 Å². The number of amides is 2. The van der Waals surface area contributed by atoms with E-state index >= 15 is 0 Å². The number of halogens is 1. The van der Waals surface area contributed by atoms with E-state index in [2.05, 4.69) is 5.32 Å². The van der Waals surface area contributed by atoms with E-state index in [9.17, 15) is 23.9 Å². The van der Waals surface area contributed by atoms with E-state index in [0.717, 1.165) is 16.7 Å². The first-order valence-corrected chi connectivity index (χ1v) is 14.3. The Kier molecular flexibility index (Phi) is 11.4. The van der Waals surface area contributed by atoms with Gasteiger partial charge in [0.05, 0.1) is 25.0 Å². The second-order valence-corrected chi connectivity index (χ2v) is 10.5. The molecule has 2 N–H and O–H groups in total. The Hall–Kier alpha value is -4.30. The summed E-state index contributed by atoms with van der Waals surface area (Å²) in [5.41, 5.74) is 2.49. The lowest BCUT2D eigenvalue weighted by molar-refractivity contribution is -0.155. The summed E-state index contributed by atoms with van der Waals surface area (Å²) < 4.78 is 19.4. The van der Waals surface area contributed by atoms with Gasteiger partial charge in [-0.15, -0.1) is 0 Å². The first kappa shape index (κ1) is 30.7. The Bertz CT molecular complexity index is 1330. The van der Waals surface area contributed by atoms with Crippen LogP contribution in [0.4, 0.5) is 4.39 Å². The molecule has 1 aliphatic rings. The molecule has 0 aromatic heterocycles. The third-order valence-electron chi connectivity index (χ3n) is 7.36. The molecule has 42 heavy (non-hydrogen) atoms. The first-order chi connectivity index (χ1) is 20.4. The molecule has 0 radical (unpaired) electrons. The van der Waals surface area contributed by atoms with Gasteiger partial charge in [-0.1, -0.05) is 84.9 Å². The number of ether oxygens (including phenoxy) is 1. The van der Waals surface area contributed by atoms with Gasteiger partial charge in [-0.05, 0) is 48.1 Å². The molecule has 3 aromatic rings. The number of aliphatic hydroxyl groups excluding tert-OH is 1. The highest BCUT2D eigenvalue weighted by molar-refractivity contribution is 5.86. The van der Waals surface area contributed by atoms with Gasteiger partial charge in [0.25, 0.3) is 0 Å². The van der Waals surface area contributed by atoms with Crippen molar-refractivity contribution in [1.82, 2.24) is 10.2 Å². The molecular formula is C34H37FN2O5. The fraction of sp³-hybridized carbons (Fsp3) is 0.324. The lowest BCUT2D eigenvalue weighted by Crippen LogP contribution is -2.40. The molecule has 2 amide bonds. The summed E-state index contributed by atoms with van der Waals surface area (Å²) in [6, 6.07) is 24.8. The van der Waals surface area contributed by atoms with Crippen molar-refractivity contribution in [3.05, 3.63) is 120 Å². The average molecular weight is 573 g/mol. The highest BCUT2D eigenvalue weighted by atomic mass is 19.1. The van der Waals surface area contributed by atoms with Crippen molar-refractivity contribution in [2.45, 2.75) is 38.3 Å². The van der Waals surface area contributed by atoms with Gasteiger partial charge in [0.1, 0.15) is 11.9 Å². The van der Waals surface area contributed by atoms with Crippen molar-refractivity contribution in [2.24, 2.45) is 11.8 Å². The lowest BCUT2D eigenvalue weighted by atomic mass is 9.94. The van der Waals surface area contributed by atoms with Crippen LogP contribution < -0.4 is 5.32 Å². The van der Waals surface area contributed by atoms with Crippen molar-refractivity contribution in [3.63, 3.8) is 0 Å². The highest BCUT2D eigenvalue weighted by Gasteiger charge is 2.28. The molecule has 1 aliphatic heterocycles. The summed E-state index contributed by atoms with van der Waals surface area (Å²) >= 11 is 0. The molecule has 4 rings (SSSR count). The number of hydrogen-bond donors (Lipinski definition) is 2. The van der Waals surface area contributed by atoms with E-state index in [4.69, 9.17) is 4.74 Å². The van der Waals surface area contributed by atoms with Crippen LogP contribution in [0.2, 0.25) is 0 Å². The van der Waals surface area contributed by atoms with Gasteiger partial charge in [-0.25, -0.2) is 4.39 Å². The number of nitrogens with one attached hydrogen (secondary N) is 1. The molecular weight excluding hydrogens is 535 g/mol.